The molecule has 0 saturated heterocycles. The van der Waals surface area contributed by atoms with Gasteiger partial charge in [-0.15, -0.1) is 0 Å². The zero-order valence-corrected chi connectivity index (χ0v) is 8.86. The van der Waals surface area contributed by atoms with Crippen molar-refractivity contribution < 1.29 is 33.6 Å². The number of carboxylic acid groups (broad SMARTS) is 1. The molecule has 0 saturated carbocycles. The van der Waals surface area contributed by atoms with Gasteiger partial charge in [0.05, 0.1) is 0 Å². The van der Waals surface area contributed by atoms with Gasteiger partial charge in [0.25, 0.3) is 0 Å². The summed E-state index contributed by atoms with van der Waals surface area (Å²) in [6.07, 6.45) is 0.921. The van der Waals surface area contributed by atoms with E-state index < -0.39 is 11.8 Å². The molecule has 0 aromatic heterocycles. The molecule has 0 atom stereocenters. The summed E-state index contributed by atoms with van der Waals surface area (Å²) in [5.41, 5.74) is -0.233. The molecular weight excluding hydrogens is 319 g/mol. The fourth-order valence-corrected chi connectivity index (χ4v) is 0.528. The summed E-state index contributed by atoms with van der Waals surface area (Å²) in [5.74, 6) is -1.70. The first-order chi connectivity index (χ1) is 4.95. The number of carboxylic acids is 1. The third kappa shape index (κ3) is 3.99. The predicted molar refractivity (Wildman–Crippen MR) is 36.6 cm³/mol. The zero-order valence-electron chi connectivity index (χ0n) is 5.93. The first kappa shape index (κ1) is 10.4. The molecule has 0 bridgehead atoms. The van der Waals surface area contributed by atoms with E-state index in [-0.39, 0.29) is 5.57 Å². The van der Waals surface area contributed by atoms with Gasteiger partial charge in [0.15, 0.2) is 0 Å². The van der Waals surface area contributed by atoms with Gasteiger partial charge in [-0.05, 0) is 0 Å². The Balaban J connectivity index is 4.44. The maximum absolute atomic E-state index is 12.7. The average molecular weight is 326 g/mol. The van der Waals surface area contributed by atoms with E-state index in [1.165, 1.54) is 0 Å². The van der Waals surface area contributed by atoms with Crippen LogP contribution in [0.5, 0.6) is 0 Å². The number of halogens is 1. The molecule has 0 unspecified atom stereocenters. The molecule has 0 aliphatic heterocycles. The van der Waals surface area contributed by atoms with Crippen LogP contribution in [0.15, 0.2) is 24.1 Å². The van der Waals surface area contributed by atoms with Crippen molar-refractivity contribution >= 4 is 9.87 Å². The number of carbonyl (C=O) groups is 1. The standard InChI is InChI=1S/C7H7FO2.W/c1-3-6(8)4-5(2)7(9)10;/h4H,2H2,1H3,(H,9,10);/b6-4+;. The SMILES string of the molecule is C=C(/C=C(/F)[C](C)=[W])C(=O)O. The van der Waals surface area contributed by atoms with E-state index >= 15 is 0 Å². The molecule has 0 amide bonds. The summed E-state index contributed by atoms with van der Waals surface area (Å²) in [6.45, 7) is 4.75. The van der Waals surface area contributed by atoms with E-state index in [2.05, 4.69) is 6.58 Å². The van der Waals surface area contributed by atoms with E-state index in [9.17, 15) is 9.18 Å². The summed E-state index contributed by atoms with van der Waals surface area (Å²) >= 11 is 0.979. The third-order valence-electron chi connectivity index (χ3n) is 0.912. The van der Waals surface area contributed by atoms with E-state index in [1.54, 1.807) is 6.92 Å². The molecule has 0 rings (SSSR count). The molecular formula is C7H7FO2W. The van der Waals surface area contributed by atoms with Crippen LogP contribution in [-0.2, 0) is 24.1 Å². The average Bonchev–Trinajstić information content (AvgIpc) is 1.87. The Morgan fingerprint density at radius 2 is 2.18 bits per heavy atom. The predicted octanol–water partition coefficient (Wildman–Crippen LogP) is 1.22. The van der Waals surface area contributed by atoms with Gasteiger partial charge in [0.2, 0.25) is 0 Å². The van der Waals surface area contributed by atoms with Crippen molar-refractivity contribution in [3.05, 3.63) is 24.1 Å². The molecule has 0 spiro atoms. The van der Waals surface area contributed by atoms with Crippen LogP contribution in [0.4, 0.5) is 4.39 Å². The molecule has 2 nitrogen and oxygen atoms in total. The van der Waals surface area contributed by atoms with Crippen molar-refractivity contribution in [3.8, 4) is 0 Å². The van der Waals surface area contributed by atoms with Crippen LogP contribution in [-0.4, -0.2) is 15.0 Å². The van der Waals surface area contributed by atoms with Crippen molar-refractivity contribution in [2.45, 2.75) is 6.92 Å². The molecule has 1 N–H and O–H groups in total. The van der Waals surface area contributed by atoms with E-state index in [1.807, 2.05) is 0 Å². The second-order valence-electron chi connectivity index (χ2n) is 1.88. The van der Waals surface area contributed by atoms with E-state index in [4.69, 9.17) is 5.11 Å². The third-order valence-corrected chi connectivity index (χ3v) is 1.61. The van der Waals surface area contributed by atoms with Crippen molar-refractivity contribution in [2.75, 3.05) is 0 Å². The van der Waals surface area contributed by atoms with Gasteiger partial charge in [-0.3, -0.25) is 0 Å². The van der Waals surface area contributed by atoms with Crippen LogP contribution in [0.2, 0.25) is 0 Å². The Morgan fingerprint density at radius 1 is 1.73 bits per heavy atom. The minimum atomic E-state index is -1.20. The molecule has 0 aliphatic rings. The van der Waals surface area contributed by atoms with Crippen molar-refractivity contribution in [2.24, 2.45) is 0 Å². The molecule has 11 heavy (non-hydrogen) atoms. The number of rotatable bonds is 3. The Labute approximate surface area is 74.8 Å². The van der Waals surface area contributed by atoms with Crippen LogP contribution >= 0.6 is 0 Å². The molecule has 0 aromatic carbocycles. The fourth-order valence-electron chi connectivity index (χ4n) is 0.316. The summed E-state index contributed by atoms with van der Waals surface area (Å²) in [6, 6.07) is 0. The van der Waals surface area contributed by atoms with Crippen molar-refractivity contribution in [3.63, 3.8) is 0 Å². The van der Waals surface area contributed by atoms with E-state index in [0.717, 1.165) is 25.4 Å². The second kappa shape index (κ2) is 4.34. The Kier molecular flexibility index (Phi) is 4.12. The molecule has 60 valence electrons. The summed E-state index contributed by atoms with van der Waals surface area (Å²) in [5, 5.41) is 8.30. The molecule has 0 fully saturated rings. The Bertz CT molecular complexity index is 243. The summed E-state index contributed by atoms with van der Waals surface area (Å²) < 4.78 is 13.2. The van der Waals surface area contributed by atoms with Crippen molar-refractivity contribution in [1.82, 2.24) is 0 Å². The number of hydrogen-bond acceptors (Lipinski definition) is 1. The van der Waals surface area contributed by atoms with Gasteiger partial charge >= 0.3 is 74.5 Å². The van der Waals surface area contributed by atoms with Gasteiger partial charge in [-0.25, -0.2) is 0 Å². The van der Waals surface area contributed by atoms with Crippen LogP contribution in [0.25, 0.3) is 0 Å². The number of hydrogen-bond donors (Lipinski definition) is 1. The van der Waals surface area contributed by atoms with Crippen LogP contribution in [0, 0.1) is 0 Å². The van der Waals surface area contributed by atoms with Crippen LogP contribution in [0.1, 0.15) is 6.92 Å². The zero-order chi connectivity index (χ0) is 9.02. The van der Waals surface area contributed by atoms with Crippen LogP contribution in [0.3, 0.4) is 0 Å². The molecule has 4 heteroatoms. The minimum absolute atomic E-state index is 0.233. The second-order valence-corrected chi connectivity index (χ2v) is 4.08. The topological polar surface area (TPSA) is 37.3 Å². The van der Waals surface area contributed by atoms with Gasteiger partial charge in [-0.1, -0.05) is 0 Å². The number of aliphatic carboxylic acids is 1. The molecule has 0 aromatic rings. The monoisotopic (exact) mass is 326 g/mol. The maximum atomic E-state index is 12.7. The first-order valence-electron chi connectivity index (χ1n) is 2.75. The van der Waals surface area contributed by atoms with Crippen LogP contribution < -0.4 is 0 Å². The first-order valence-corrected chi connectivity index (χ1v) is 4.22. The van der Waals surface area contributed by atoms with Crippen molar-refractivity contribution in [1.29, 1.82) is 0 Å². The summed E-state index contributed by atoms with van der Waals surface area (Å²) in [4.78, 5) is 10.1. The molecule has 0 aliphatic carbocycles. The quantitative estimate of drug-likeness (QED) is 0.626. The Morgan fingerprint density at radius 3 is 2.45 bits per heavy atom. The number of allylic oxidation sites excluding steroid dienone is 1. The Hall–Kier alpha value is -0.562. The normalized spacial score (nSPS) is 10.9. The van der Waals surface area contributed by atoms with Gasteiger partial charge in [0.1, 0.15) is 0 Å². The van der Waals surface area contributed by atoms with Gasteiger partial charge in [0, 0.05) is 0 Å². The van der Waals surface area contributed by atoms with Gasteiger partial charge < -0.3 is 0 Å². The van der Waals surface area contributed by atoms with Gasteiger partial charge in [-0.2, -0.15) is 0 Å². The molecule has 0 radical (unpaired) electrons. The fraction of sp³-hybridized carbons (Fsp3) is 0.143. The summed E-state index contributed by atoms with van der Waals surface area (Å²) in [7, 11) is 0. The molecule has 0 heterocycles. The van der Waals surface area contributed by atoms with E-state index in [0.29, 0.717) is 3.90 Å².